The van der Waals surface area contributed by atoms with Crippen molar-refractivity contribution in [3.63, 3.8) is 0 Å². The summed E-state index contributed by atoms with van der Waals surface area (Å²) < 4.78 is 4.81. The second kappa shape index (κ2) is 5.88. The summed E-state index contributed by atoms with van der Waals surface area (Å²) in [6.45, 7) is 0.601. The van der Waals surface area contributed by atoms with Crippen LogP contribution in [0.25, 0.3) is 0 Å². The van der Waals surface area contributed by atoms with Gasteiger partial charge < -0.3 is 14.7 Å². The van der Waals surface area contributed by atoms with Gasteiger partial charge in [0.2, 0.25) is 5.91 Å². The van der Waals surface area contributed by atoms with Crippen molar-refractivity contribution < 1.29 is 14.6 Å². The molecule has 15 heavy (non-hydrogen) atoms. The maximum atomic E-state index is 11.8. The maximum Gasteiger partial charge on any atom is 0.226 e. The van der Waals surface area contributed by atoms with E-state index in [4.69, 9.17) is 4.74 Å². The molecule has 1 aliphatic carbocycles. The van der Waals surface area contributed by atoms with Gasteiger partial charge in [-0.15, -0.1) is 0 Å². The van der Waals surface area contributed by atoms with Crippen molar-refractivity contribution in [3.8, 4) is 0 Å². The SMILES string of the molecule is COCC(O)CN(C)C(=O)C1CC=CC1. The number of hydrogen-bond donors (Lipinski definition) is 1. The number of carbonyl (C=O) groups is 1. The van der Waals surface area contributed by atoms with Crippen molar-refractivity contribution in [2.45, 2.75) is 18.9 Å². The van der Waals surface area contributed by atoms with Gasteiger partial charge in [-0.1, -0.05) is 12.2 Å². The molecular formula is C11H19NO3. The van der Waals surface area contributed by atoms with E-state index in [1.807, 2.05) is 12.2 Å². The topological polar surface area (TPSA) is 49.8 Å². The number of nitrogens with zero attached hydrogens (tertiary/aromatic N) is 1. The van der Waals surface area contributed by atoms with Gasteiger partial charge in [0.25, 0.3) is 0 Å². The summed E-state index contributed by atoms with van der Waals surface area (Å²) in [6.07, 6.45) is 5.11. The second-order valence-corrected chi connectivity index (χ2v) is 3.97. The average molecular weight is 213 g/mol. The summed E-state index contributed by atoms with van der Waals surface area (Å²) >= 11 is 0. The third-order valence-electron chi connectivity index (χ3n) is 2.58. The fraction of sp³-hybridized carbons (Fsp3) is 0.727. The molecule has 0 radical (unpaired) electrons. The Morgan fingerprint density at radius 3 is 2.73 bits per heavy atom. The summed E-state index contributed by atoms with van der Waals surface area (Å²) in [6, 6.07) is 0. The van der Waals surface area contributed by atoms with Gasteiger partial charge in [0.15, 0.2) is 0 Å². The lowest BCUT2D eigenvalue weighted by molar-refractivity contribution is -0.135. The molecule has 1 amide bonds. The van der Waals surface area contributed by atoms with Crippen LogP contribution in [0.2, 0.25) is 0 Å². The zero-order valence-electron chi connectivity index (χ0n) is 9.35. The Labute approximate surface area is 90.5 Å². The van der Waals surface area contributed by atoms with Crippen LogP contribution < -0.4 is 0 Å². The number of aliphatic hydroxyl groups is 1. The van der Waals surface area contributed by atoms with Crippen LogP contribution in [-0.4, -0.2) is 49.3 Å². The first-order chi connectivity index (χ1) is 7.15. The molecule has 0 bridgehead atoms. The van der Waals surface area contributed by atoms with E-state index in [0.717, 1.165) is 12.8 Å². The number of allylic oxidation sites excluding steroid dienone is 2. The number of rotatable bonds is 5. The highest BCUT2D eigenvalue weighted by molar-refractivity contribution is 5.79. The molecular weight excluding hydrogens is 194 g/mol. The van der Waals surface area contributed by atoms with Crippen LogP contribution in [0.5, 0.6) is 0 Å². The standard InChI is InChI=1S/C11H19NO3/c1-12(7-10(13)8-15-2)11(14)9-5-3-4-6-9/h3-4,9-10,13H,5-8H2,1-2H3. The van der Waals surface area contributed by atoms with Crippen LogP contribution in [0.15, 0.2) is 12.2 Å². The zero-order chi connectivity index (χ0) is 11.3. The number of methoxy groups -OCH3 is 1. The number of amides is 1. The van der Waals surface area contributed by atoms with E-state index in [1.54, 1.807) is 11.9 Å². The number of ether oxygens (including phenoxy) is 1. The van der Waals surface area contributed by atoms with E-state index < -0.39 is 6.10 Å². The molecule has 86 valence electrons. The normalized spacial score (nSPS) is 18.1. The Balaban J connectivity index is 2.32. The van der Waals surface area contributed by atoms with Crippen molar-refractivity contribution in [1.29, 1.82) is 0 Å². The predicted octanol–water partition coefficient (Wildman–Crippen LogP) is 0.418. The lowest BCUT2D eigenvalue weighted by Crippen LogP contribution is -2.39. The first-order valence-corrected chi connectivity index (χ1v) is 5.22. The monoisotopic (exact) mass is 213 g/mol. The highest BCUT2D eigenvalue weighted by Gasteiger charge is 2.23. The summed E-state index contributed by atoms with van der Waals surface area (Å²) in [5, 5.41) is 9.48. The minimum atomic E-state index is -0.599. The van der Waals surface area contributed by atoms with Crippen LogP contribution in [0.3, 0.4) is 0 Å². The third kappa shape index (κ3) is 3.64. The number of likely N-dealkylation sites (N-methyl/N-ethyl adjacent to an activating group) is 1. The highest BCUT2D eigenvalue weighted by atomic mass is 16.5. The van der Waals surface area contributed by atoms with Gasteiger partial charge in [-0.3, -0.25) is 4.79 Å². The highest BCUT2D eigenvalue weighted by Crippen LogP contribution is 2.19. The van der Waals surface area contributed by atoms with Crippen LogP contribution in [-0.2, 0) is 9.53 Å². The summed E-state index contributed by atoms with van der Waals surface area (Å²) in [5.74, 6) is 0.180. The van der Waals surface area contributed by atoms with Crippen LogP contribution in [0, 0.1) is 5.92 Å². The van der Waals surface area contributed by atoms with Crippen molar-refractivity contribution in [2.24, 2.45) is 5.92 Å². The molecule has 1 atom stereocenters. The summed E-state index contributed by atoms with van der Waals surface area (Å²) in [7, 11) is 3.26. The third-order valence-corrected chi connectivity index (χ3v) is 2.58. The van der Waals surface area contributed by atoms with Gasteiger partial charge in [0, 0.05) is 26.6 Å². The summed E-state index contributed by atoms with van der Waals surface area (Å²) in [4.78, 5) is 13.4. The van der Waals surface area contributed by atoms with Gasteiger partial charge >= 0.3 is 0 Å². The second-order valence-electron chi connectivity index (χ2n) is 3.97. The predicted molar refractivity (Wildman–Crippen MR) is 57.4 cm³/mol. The fourth-order valence-electron chi connectivity index (χ4n) is 1.78. The van der Waals surface area contributed by atoms with Gasteiger partial charge in [-0.25, -0.2) is 0 Å². The zero-order valence-corrected chi connectivity index (χ0v) is 9.35. The van der Waals surface area contributed by atoms with E-state index in [9.17, 15) is 9.90 Å². The molecule has 0 aromatic rings. The average Bonchev–Trinajstić information content (AvgIpc) is 2.69. The van der Waals surface area contributed by atoms with Crippen molar-refractivity contribution in [2.75, 3.05) is 27.3 Å². The Morgan fingerprint density at radius 2 is 2.20 bits per heavy atom. The number of aliphatic hydroxyl groups excluding tert-OH is 1. The molecule has 1 aliphatic rings. The van der Waals surface area contributed by atoms with E-state index in [1.165, 1.54) is 7.11 Å². The molecule has 0 aromatic carbocycles. The minimum Gasteiger partial charge on any atom is -0.389 e. The van der Waals surface area contributed by atoms with E-state index >= 15 is 0 Å². The van der Waals surface area contributed by atoms with Gasteiger partial charge in [0.05, 0.1) is 12.7 Å². The maximum absolute atomic E-state index is 11.8. The number of carbonyl (C=O) groups excluding carboxylic acids is 1. The number of hydrogen-bond acceptors (Lipinski definition) is 3. The molecule has 0 heterocycles. The largest absolute Gasteiger partial charge is 0.389 e. The van der Waals surface area contributed by atoms with Crippen LogP contribution >= 0.6 is 0 Å². The molecule has 0 aromatic heterocycles. The first-order valence-electron chi connectivity index (χ1n) is 5.22. The van der Waals surface area contributed by atoms with E-state index in [0.29, 0.717) is 6.54 Å². The molecule has 0 saturated carbocycles. The molecule has 0 spiro atoms. The molecule has 1 rings (SSSR count). The van der Waals surface area contributed by atoms with Gasteiger partial charge in [-0.2, -0.15) is 0 Å². The lowest BCUT2D eigenvalue weighted by Gasteiger charge is -2.23. The Hall–Kier alpha value is -0.870. The lowest BCUT2D eigenvalue weighted by atomic mass is 10.1. The molecule has 4 nitrogen and oxygen atoms in total. The molecule has 0 fully saturated rings. The smallest absolute Gasteiger partial charge is 0.226 e. The van der Waals surface area contributed by atoms with E-state index in [2.05, 4.69) is 0 Å². The Bertz CT molecular complexity index is 232. The molecule has 1 unspecified atom stereocenters. The molecule has 0 saturated heterocycles. The van der Waals surface area contributed by atoms with Gasteiger partial charge in [-0.05, 0) is 12.8 Å². The Kier molecular flexibility index (Phi) is 4.78. The van der Waals surface area contributed by atoms with Gasteiger partial charge in [0.1, 0.15) is 0 Å². The fourth-order valence-corrected chi connectivity index (χ4v) is 1.78. The van der Waals surface area contributed by atoms with Crippen molar-refractivity contribution in [3.05, 3.63) is 12.2 Å². The first kappa shape index (κ1) is 12.2. The van der Waals surface area contributed by atoms with E-state index in [-0.39, 0.29) is 18.4 Å². The summed E-state index contributed by atoms with van der Waals surface area (Å²) in [5.41, 5.74) is 0. The van der Waals surface area contributed by atoms with Crippen LogP contribution in [0.1, 0.15) is 12.8 Å². The van der Waals surface area contributed by atoms with Crippen molar-refractivity contribution in [1.82, 2.24) is 4.90 Å². The van der Waals surface area contributed by atoms with Crippen molar-refractivity contribution >= 4 is 5.91 Å². The molecule has 4 heteroatoms. The van der Waals surface area contributed by atoms with Crippen LogP contribution in [0.4, 0.5) is 0 Å². The Morgan fingerprint density at radius 1 is 1.60 bits per heavy atom. The molecule has 0 aliphatic heterocycles. The quantitative estimate of drug-likeness (QED) is 0.673. The molecule has 1 N–H and O–H groups in total. The minimum absolute atomic E-state index is 0.0738.